The van der Waals surface area contributed by atoms with E-state index in [0.29, 0.717) is 6.54 Å². The summed E-state index contributed by atoms with van der Waals surface area (Å²) in [6.07, 6.45) is 0. The Morgan fingerprint density at radius 1 is 1.41 bits per heavy atom. The van der Waals surface area contributed by atoms with Crippen molar-refractivity contribution in [2.75, 3.05) is 26.7 Å². The molecule has 5 heteroatoms. The maximum Gasteiger partial charge on any atom is 0.317 e. The van der Waals surface area contributed by atoms with Gasteiger partial charge in [0.1, 0.15) is 5.84 Å². The monoisotopic (exact) mass is 236 g/mol. The number of hydrogen-bond donors (Lipinski definition) is 1. The molecule has 2 aliphatic rings. The van der Waals surface area contributed by atoms with E-state index in [9.17, 15) is 4.79 Å². The summed E-state index contributed by atoms with van der Waals surface area (Å²) in [5.74, 6) is 1.06. The number of urea groups is 1. The molecular formula is C12H20N4O. The van der Waals surface area contributed by atoms with E-state index in [1.165, 1.54) is 11.3 Å². The predicted octanol–water partition coefficient (Wildman–Crippen LogP) is 1.04. The van der Waals surface area contributed by atoms with Crippen molar-refractivity contribution in [2.45, 2.75) is 26.8 Å². The summed E-state index contributed by atoms with van der Waals surface area (Å²) < 4.78 is 0. The fourth-order valence-electron chi connectivity index (χ4n) is 2.41. The third-order valence-corrected chi connectivity index (χ3v) is 3.61. The van der Waals surface area contributed by atoms with E-state index in [4.69, 9.17) is 0 Å². The fraction of sp³-hybridized carbons (Fsp3) is 0.667. The molecule has 1 saturated heterocycles. The van der Waals surface area contributed by atoms with E-state index in [0.717, 1.165) is 18.9 Å². The Bertz CT molecular complexity index is 399. The minimum absolute atomic E-state index is 0.00207. The molecule has 1 atom stereocenters. The van der Waals surface area contributed by atoms with Crippen LogP contribution in [0.25, 0.3) is 0 Å². The van der Waals surface area contributed by atoms with Gasteiger partial charge < -0.3 is 15.1 Å². The third kappa shape index (κ3) is 2.01. The zero-order chi connectivity index (χ0) is 12.6. The van der Waals surface area contributed by atoms with Gasteiger partial charge in [-0.15, -0.1) is 0 Å². The predicted molar refractivity (Wildman–Crippen MR) is 68.0 cm³/mol. The number of nitrogens with zero attached hydrogens (tertiary/aromatic N) is 3. The fourth-order valence-corrected chi connectivity index (χ4v) is 2.41. The first-order chi connectivity index (χ1) is 8.04. The van der Waals surface area contributed by atoms with Crippen LogP contribution in [0, 0.1) is 0 Å². The van der Waals surface area contributed by atoms with Gasteiger partial charge in [-0.3, -0.25) is 4.99 Å². The molecule has 17 heavy (non-hydrogen) atoms. The lowest BCUT2D eigenvalue weighted by Gasteiger charge is -2.41. The number of carbonyl (C=O) groups is 1. The molecule has 0 saturated carbocycles. The number of carbonyl (C=O) groups excluding carboxylic acids is 1. The molecule has 1 N–H and O–H groups in total. The highest BCUT2D eigenvalue weighted by atomic mass is 16.2. The number of piperazine rings is 1. The normalized spacial score (nSPS) is 24.5. The molecular weight excluding hydrogens is 216 g/mol. The van der Waals surface area contributed by atoms with Gasteiger partial charge in [0.15, 0.2) is 0 Å². The highest BCUT2D eigenvalue weighted by Gasteiger charge is 2.30. The topological polar surface area (TPSA) is 47.9 Å². The van der Waals surface area contributed by atoms with Crippen LogP contribution in [0.4, 0.5) is 4.79 Å². The minimum atomic E-state index is -0.00207. The lowest BCUT2D eigenvalue weighted by molar-refractivity contribution is 0.185. The first-order valence-electron chi connectivity index (χ1n) is 6.03. The van der Waals surface area contributed by atoms with Crippen molar-refractivity contribution in [3.05, 3.63) is 11.3 Å². The summed E-state index contributed by atoms with van der Waals surface area (Å²) in [4.78, 5) is 20.3. The van der Waals surface area contributed by atoms with Crippen LogP contribution in [-0.4, -0.2) is 54.4 Å². The molecule has 0 spiro atoms. The molecule has 0 radical (unpaired) electrons. The molecule has 2 heterocycles. The average molecular weight is 236 g/mol. The van der Waals surface area contributed by atoms with Gasteiger partial charge in [0.05, 0.1) is 12.6 Å². The highest BCUT2D eigenvalue weighted by molar-refractivity contribution is 5.84. The molecule has 0 aromatic rings. The summed E-state index contributed by atoms with van der Waals surface area (Å²) in [6, 6.07) is 0.226. The summed E-state index contributed by atoms with van der Waals surface area (Å²) in [5, 5.41) is 2.68. The zero-order valence-electron chi connectivity index (χ0n) is 10.9. The van der Waals surface area contributed by atoms with Crippen LogP contribution >= 0.6 is 0 Å². The van der Waals surface area contributed by atoms with Gasteiger partial charge in [-0.2, -0.15) is 0 Å². The van der Waals surface area contributed by atoms with E-state index >= 15 is 0 Å². The molecule has 0 unspecified atom stereocenters. The molecule has 0 aromatic heterocycles. The average Bonchev–Trinajstić information content (AvgIpc) is 2.34. The van der Waals surface area contributed by atoms with E-state index in [1.807, 2.05) is 11.8 Å². The van der Waals surface area contributed by atoms with Crippen LogP contribution < -0.4 is 5.32 Å². The number of fused-ring (bicyclic) bond motifs is 1. The zero-order valence-corrected chi connectivity index (χ0v) is 10.9. The number of rotatable bonds is 0. The summed E-state index contributed by atoms with van der Waals surface area (Å²) >= 11 is 0. The Balaban J connectivity index is 2.23. The smallest absolute Gasteiger partial charge is 0.317 e. The van der Waals surface area contributed by atoms with E-state index < -0.39 is 0 Å². The first-order valence-corrected chi connectivity index (χ1v) is 6.03. The lowest BCUT2D eigenvalue weighted by Crippen LogP contribution is -2.52. The van der Waals surface area contributed by atoms with Crippen molar-refractivity contribution in [3.63, 3.8) is 0 Å². The number of hydrogen-bond acceptors (Lipinski definition) is 3. The summed E-state index contributed by atoms with van der Waals surface area (Å²) in [6.45, 7) is 8.51. The molecule has 2 rings (SSSR count). The maximum atomic E-state index is 11.7. The second-order valence-corrected chi connectivity index (χ2v) is 4.61. The summed E-state index contributed by atoms with van der Waals surface area (Å²) in [7, 11) is 1.67. The SMILES string of the molecule is CNC(=O)N1CCN2C(C)=N[C@@H](C)C(C)=C2C1. The molecule has 0 aromatic carbocycles. The Hall–Kier alpha value is -1.52. The lowest BCUT2D eigenvalue weighted by atomic mass is 10.0. The quantitative estimate of drug-likeness (QED) is 0.683. The molecule has 94 valence electrons. The number of amides is 2. The maximum absolute atomic E-state index is 11.7. The van der Waals surface area contributed by atoms with Gasteiger partial charge in [0.25, 0.3) is 0 Å². The standard InChI is InChI=1S/C12H20N4O/c1-8-9(2)14-10(3)16-6-5-15(7-11(8)16)12(17)13-4/h9H,5-7H2,1-4H3,(H,13,17)/t9-/m0/s1. The number of amidine groups is 1. The van der Waals surface area contributed by atoms with Crippen molar-refractivity contribution >= 4 is 11.9 Å². The van der Waals surface area contributed by atoms with Crippen LogP contribution in [0.15, 0.2) is 16.3 Å². The third-order valence-electron chi connectivity index (χ3n) is 3.61. The molecule has 2 aliphatic heterocycles. The van der Waals surface area contributed by atoms with Crippen LogP contribution in [-0.2, 0) is 0 Å². The van der Waals surface area contributed by atoms with Crippen molar-refractivity contribution < 1.29 is 4.79 Å². The van der Waals surface area contributed by atoms with Crippen molar-refractivity contribution in [1.29, 1.82) is 0 Å². The Kier molecular flexibility index (Phi) is 3.09. The Morgan fingerprint density at radius 2 is 2.12 bits per heavy atom. The minimum Gasteiger partial charge on any atom is -0.341 e. The Morgan fingerprint density at radius 3 is 2.76 bits per heavy atom. The van der Waals surface area contributed by atoms with Crippen molar-refractivity contribution in [1.82, 2.24) is 15.1 Å². The number of aliphatic imine (C=N–C) groups is 1. The van der Waals surface area contributed by atoms with Crippen molar-refractivity contribution in [3.8, 4) is 0 Å². The van der Waals surface area contributed by atoms with Gasteiger partial charge in [0, 0.05) is 25.8 Å². The number of nitrogens with one attached hydrogen (secondary N) is 1. The second-order valence-electron chi connectivity index (χ2n) is 4.61. The van der Waals surface area contributed by atoms with Gasteiger partial charge in [0.2, 0.25) is 0 Å². The van der Waals surface area contributed by atoms with Crippen LogP contribution in [0.5, 0.6) is 0 Å². The van der Waals surface area contributed by atoms with Gasteiger partial charge in [-0.25, -0.2) is 4.79 Å². The first kappa shape index (κ1) is 12.0. The van der Waals surface area contributed by atoms with E-state index in [1.54, 1.807) is 7.05 Å². The van der Waals surface area contributed by atoms with E-state index in [-0.39, 0.29) is 12.1 Å². The van der Waals surface area contributed by atoms with E-state index in [2.05, 4.69) is 29.1 Å². The molecule has 5 nitrogen and oxygen atoms in total. The summed E-state index contributed by atoms with van der Waals surface area (Å²) in [5.41, 5.74) is 2.50. The van der Waals surface area contributed by atoms with Gasteiger partial charge >= 0.3 is 6.03 Å². The molecule has 0 aliphatic carbocycles. The molecule has 2 amide bonds. The molecule has 1 fully saturated rings. The molecule has 0 bridgehead atoms. The largest absolute Gasteiger partial charge is 0.341 e. The van der Waals surface area contributed by atoms with Gasteiger partial charge in [-0.05, 0) is 26.3 Å². The van der Waals surface area contributed by atoms with Crippen LogP contribution in [0.1, 0.15) is 20.8 Å². The second kappa shape index (κ2) is 4.39. The highest BCUT2D eigenvalue weighted by Crippen LogP contribution is 2.25. The van der Waals surface area contributed by atoms with Crippen molar-refractivity contribution in [2.24, 2.45) is 4.99 Å². The van der Waals surface area contributed by atoms with Crippen LogP contribution in [0.3, 0.4) is 0 Å². The van der Waals surface area contributed by atoms with Gasteiger partial charge in [-0.1, -0.05) is 0 Å². The Labute approximate surface area is 102 Å². The van der Waals surface area contributed by atoms with Crippen LogP contribution in [0.2, 0.25) is 0 Å².